The van der Waals surface area contributed by atoms with E-state index in [1.54, 1.807) is 11.8 Å². The molecule has 0 aliphatic carbocycles. The predicted molar refractivity (Wildman–Crippen MR) is 127 cm³/mol. The van der Waals surface area contributed by atoms with E-state index < -0.39 is 11.6 Å². The Kier molecular flexibility index (Phi) is 8.41. The number of benzene rings is 3. The molecular formula is C25H28ClNO3S. The highest BCUT2D eigenvalue weighted by atomic mass is 35.5. The third-order valence-corrected chi connectivity index (χ3v) is 6.35. The van der Waals surface area contributed by atoms with Gasteiger partial charge in [0.2, 0.25) is 0 Å². The summed E-state index contributed by atoms with van der Waals surface area (Å²) >= 11 is 8.14. The van der Waals surface area contributed by atoms with Gasteiger partial charge in [-0.05, 0) is 55.2 Å². The molecule has 3 aromatic carbocycles. The summed E-state index contributed by atoms with van der Waals surface area (Å²) in [7, 11) is 0. The Hall–Kier alpha value is -2.02. The first kappa shape index (κ1) is 23.6. The lowest BCUT2D eigenvalue weighted by molar-refractivity contribution is 0.103. The van der Waals surface area contributed by atoms with Gasteiger partial charge in [-0.2, -0.15) is 0 Å². The number of aliphatic hydroxyl groups excluding tert-OH is 2. The highest BCUT2D eigenvalue weighted by molar-refractivity contribution is 7.99. The van der Waals surface area contributed by atoms with Crippen LogP contribution in [0.25, 0.3) is 0 Å². The standard InChI is InChI=1S/C25H28ClNO3S/c1-25(27,16-19(29)13-14-28)21-12-11-20(15-22(21)26)31-24-10-6-5-9-23(24)30-17-18-7-3-2-4-8-18/h2-12,15,19,28-29H,13-14,16-17,27H2,1H3. The third-order valence-electron chi connectivity index (χ3n) is 4.99. The van der Waals surface area contributed by atoms with E-state index in [0.717, 1.165) is 26.7 Å². The maximum Gasteiger partial charge on any atom is 0.133 e. The normalized spacial score (nSPS) is 14.1. The van der Waals surface area contributed by atoms with Crippen molar-refractivity contribution >= 4 is 23.4 Å². The first-order chi connectivity index (χ1) is 14.9. The minimum absolute atomic E-state index is 0.0771. The average molecular weight is 458 g/mol. The number of hydrogen-bond acceptors (Lipinski definition) is 5. The first-order valence-corrected chi connectivity index (χ1v) is 11.4. The van der Waals surface area contributed by atoms with E-state index in [-0.39, 0.29) is 13.0 Å². The third kappa shape index (κ3) is 6.73. The molecule has 2 unspecified atom stereocenters. The van der Waals surface area contributed by atoms with Crippen molar-refractivity contribution in [3.63, 3.8) is 0 Å². The zero-order valence-electron chi connectivity index (χ0n) is 17.5. The molecule has 4 nitrogen and oxygen atoms in total. The van der Waals surface area contributed by atoms with Crippen molar-refractivity contribution in [3.8, 4) is 5.75 Å². The fourth-order valence-electron chi connectivity index (χ4n) is 3.39. The van der Waals surface area contributed by atoms with E-state index in [4.69, 9.17) is 27.2 Å². The van der Waals surface area contributed by atoms with Gasteiger partial charge < -0.3 is 20.7 Å². The van der Waals surface area contributed by atoms with Crippen LogP contribution >= 0.6 is 23.4 Å². The molecule has 0 bridgehead atoms. The van der Waals surface area contributed by atoms with Crippen molar-refractivity contribution in [2.75, 3.05) is 6.61 Å². The molecule has 0 aliphatic rings. The fraction of sp³-hybridized carbons (Fsp3) is 0.280. The number of ether oxygens (including phenoxy) is 1. The van der Waals surface area contributed by atoms with Gasteiger partial charge in [0.25, 0.3) is 0 Å². The molecule has 0 fully saturated rings. The smallest absolute Gasteiger partial charge is 0.133 e. The van der Waals surface area contributed by atoms with Gasteiger partial charge in [0.1, 0.15) is 12.4 Å². The molecule has 0 spiro atoms. The van der Waals surface area contributed by atoms with Crippen molar-refractivity contribution in [2.45, 2.75) is 47.8 Å². The Morgan fingerprint density at radius 3 is 2.48 bits per heavy atom. The minimum atomic E-state index is -0.800. The summed E-state index contributed by atoms with van der Waals surface area (Å²) in [5.74, 6) is 0.812. The monoisotopic (exact) mass is 457 g/mol. The van der Waals surface area contributed by atoms with Crippen LogP contribution in [0.3, 0.4) is 0 Å². The lowest BCUT2D eigenvalue weighted by atomic mass is 9.86. The lowest BCUT2D eigenvalue weighted by Gasteiger charge is -2.29. The molecule has 0 heterocycles. The Morgan fingerprint density at radius 1 is 1.06 bits per heavy atom. The first-order valence-electron chi connectivity index (χ1n) is 10.2. The number of rotatable bonds is 10. The molecule has 2 atom stereocenters. The number of para-hydroxylation sites is 1. The Bertz CT molecular complexity index is 982. The van der Waals surface area contributed by atoms with Crippen LogP contribution in [-0.4, -0.2) is 22.9 Å². The zero-order valence-corrected chi connectivity index (χ0v) is 19.1. The van der Waals surface area contributed by atoms with Crippen molar-refractivity contribution < 1.29 is 14.9 Å². The van der Waals surface area contributed by atoms with Gasteiger partial charge in [-0.3, -0.25) is 0 Å². The molecule has 4 N–H and O–H groups in total. The van der Waals surface area contributed by atoms with Crippen LogP contribution in [0.4, 0.5) is 0 Å². The van der Waals surface area contributed by atoms with Crippen LogP contribution in [0.5, 0.6) is 5.75 Å². The van der Waals surface area contributed by atoms with E-state index in [1.807, 2.05) is 79.7 Å². The largest absolute Gasteiger partial charge is 0.488 e. The second kappa shape index (κ2) is 11.0. The van der Waals surface area contributed by atoms with Crippen LogP contribution in [0.2, 0.25) is 5.02 Å². The van der Waals surface area contributed by atoms with Gasteiger partial charge in [-0.25, -0.2) is 0 Å². The molecule has 3 rings (SSSR count). The van der Waals surface area contributed by atoms with Crippen LogP contribution < -0.4 is 10.5 Å². The summed E-state index contributed by atoms with van der Waals surface area (Å²) in [5.41, 5.74) is 7.52. The van der Waals surface area contributed by atoms with Crippen molar-refractivity contribution in [1.82, 2.24) is 0 Å². The van der Waals surface area contributed by atoms with Crippen molar-refractivity contribution in [2.24, 2.45) is 5.73 Å². The highest BCUT2D eigenvalue weighted by Gasteiger charge is 2.27. The Balaban J connectivity index is 1.73. The van der Waals surface area contributed by atoms with Crippen LogP contribution in [-0.2, 0) is 12.1 Å². The molecule has 6 heteroatoms. The Labute approximate surface area is 193 Å². The minimum Gasteiger partial charge on any atom is -0.488 e. The molecule has 31 heavy (non-hydrogen) atoms. The fourth-order valence-corrected chi connectivity index (χ4v) is 4.79. The molecule has 0 radical (unpaired) electrons. The molecule has 0 saturated carbocycles. The van der Waals surface area contributed by atoms with E-state index in [1.165, 1.54) is 0 Å². The van der Waals surface area contributed by atoms with Gasteiger partial charge in [-0.15, -0.1) is 0 Å². The van der Waals surface area contributed by atoms with Gasteiger partial charge in [-0.1, -0.05) is 71.9 Å². The lowest BCUT2D eigenvalue weighted by Crippen LogP contribution is -2.37. The van der Waals surface area contributed by atoms with E-state index in [9.17, 15) is 5.11 Å². The second-order valence-electron chi connectivity index (χ2n) is 7.75. The molecular weight excluding hydrogens is 430 g/mol. The van der Waals surface area contributed by atoms with Gasteiger partial charge in [0.05, 0.1) is 11.0 Å². The number of hydrogen-bond donors (Lipinski definition) is 3. The number of aliphatic hydroxyl groups is 2. The van der Waals surface area contributed by atoms with Crippen LogP contribution in [0.1, 0.15) is 30.9 Å². The molecule has 164 valence electrons. The quantitative estimate of drug-likeness (QED) is 0.381. The topological polar surface area (TPSA) is 75.7 Å². The molecule has 0 saturated heterocycles. The van der Waals surface area contributed by atoms with Gasteiger partial charge in [0.15, 0.2) is 0 Å². The summed E-state index contributed by atoms with van der Waals surface area (Å²) in [6.07, 6.45) is -0.0765. The van der Waals surface area contributed by atoms with Gasteiger partial charge >= 0.3 is 0 Å². The van der Waals surface area contributed by atoms with Crippen molar-refractivity contribution in [1.29, 1.82) is 0 Å². The van der Waals surface area contributed by atoms with Crippen LogP contribution in [0.15, 0.2) is 82.6 Å². The maximum absolute atomic E-state index is 10.0. The molecule has 0 amide bonds. The number of nitrogens with two attached hydrogens (primary N) is 1. The van der Waals surface area contributed by atoms with E-state index >= 15 is 0 Å². The summed E-state index contributed by atoms with van der Waals surface area (Å²) in [5, 5.41) is 19.6. The SMILES string of the molecule is CC(N)(CC(O)CCO)c1ccc(Sc2ccccc2OCc2ccccc2)cc1Cl. The maximum atomic E-state index is 10.0. The van der Waals surface area contributed by atoms with Crippen molar-refractivity contribution in [3.05, 3.63) is 88.9 Å². The second-order valence-corrected chi connectivity index (χ2v) is 9.27. The van der Waals surface area contributed by atoms with Crippen LogP contribution in [0, 0.1) is 0 Å². The molecule has 0 aliphatic heterocycles. The van der Waals surface area contributed by atoms with E-state index in [0.29, 0.717) is 18.1 Å². The summed E-state index contributed by atoms with van der Waals surface area (Å²) in [6.45, 7) is 2.26. The predicted octanol–water partition coefficient (Wildman–Crippen LogP) is 5.38. The number of halogens is 1. The molecule has 0 aromatic heterocycles. The summed E-state index contributed by atoms with van der Waals surface area (Å²) < 4.78 is 6.05. The average Bonchev–Trinajstić information content (AvgIpc) is 2.73. The summed E-state index contributed by atoms with van der Waals surface area (Å²) in [6, 6.07) is 23.7. The van der Waals surface area contributed by atoms with Gasteiger partial charge in [0, 0.05) is 22.1 Å². The highest BCUT2D eigenvalue weighted by Crippen LogP contribution is 2.38. The molecule has 3 aromatic rings. The summed E-state index contributed by atoms with van der Waals surface area (Å²) in [4.78, 5) is 1.97. The van der Waals surface area contributed by atoms with E-state index in [2.05, 4.69) is 0 Å². The zero-order chi connectivity index (χ0) is 22.3. The Morgan fingerprint density at radius 2 is 1.77 bits per heavy atom.